The maximum atomic E-state index is 12.6. The SMILES string of the molecule is C#CCN1C(=O)NC2(C1=O)C1CCC2CN(C)C1. The molecule has 0 aromatic rings. The van der Waals surface area contributed by atoms with Gasteiger partial charge in [-0.2, -0.15) is 0 Å². The van der Waals surface area contributed by atoms with Crippen molar-refractivity contribution in [1.29, 1.82) is 0 Å². The summed E-state index contributed by atoms with van der Waals surface area (Å²) in [6.07, 6.45) is 7.24. The third-order valence-corrected chi connectivity index (χ3v) is 4.62. The fraction of sp³-hybridized carbons (Fsp3) is 0.692. The van der Waals surface area contributed by atoms with Gasteiger partial charge in [-0.15, -0.1) is 6.42 Å². The third kappa shape index (κ3) is 1.27. The Morgan fingerprint density at radius 1 is 1.39 bits per heavy atom. The number of terminal acetylenes is 1. The number of likely N-dealkylation sites (tertiary alicyclic amines) is 1. The highest BCUT2D eigenvalue weighted by atomic mass is 16.2. The summed E-state index contributed by atoms with van der Waals surface area (Å²) in [4.78, 5) is 27.9. The van der Waals surface area contributed by atoms with Gasteiger partial charge >= 0.3 is 6.03 Å². The molecule has 5 nitrogen and oxygen atoms in total. The quantitative estimate of drug-likeness (QED) is 0.519. The van der Waals surface area contributed by atoms with Gasteiger partial charge in [0.15, 0.2) is 0 Å². The lowest BCUT2D eigenvalue weighted by Gasteiger charge is -2.42. The molecule has 1 spiro atoms. The van der Waals surface area contributed by atoms with Gasteiger partial charge in [0.2, 0.25) is 0 Å². The van der Waals surface area contributed by atoms with Crippen molar-refractivity contribution in [3.63, 3.8) is 0 Å². The highest BCUT2D eigenvalue weighted by molar-refractivity contribution is 6.08. The Kier molecular flexibility index (Phi) is 2.39. The van der Waals surface area contributed by atoms with E-state index in [1.807, 2.05) is 0 Å². The van der Waals surface area contributed by atoms with Crippen LogP contribution in [-0.2, 0) is 4.79 Å². The number of piperidine rings is 1. The van der Waals surface area contributed by atoms with Crippen LogP contribution in [0, 0.1) is 24.2 Å². The van der Waals surface area contributed by atoms with E-state index in [1.165, 1.54) is 4.90 Å². The second kappa shape index (κ2) is 3.72. The zero-order valence-corrected chi connectivity index (χ0v) is 10.5. The average molecular weight is 247 g/mol. The zero-order valence-electron chi connectivity index (χ0n) is 10.5. The molecule has 2 saturated heterocycles. The second-order valence-electron chi connectivity index (χ2n) is 5.59. The minimum absolute atomic E-state index is 0.0711. The summed E-state index contributed by atoms with van der Waals surface area (Å²) in [5.41, 5.74) is -0.666. The van der Waals surface area contributed by atoms with Crippen molar-refractivity contribution in [2.24, 2.45) is 11.8 Å². The Bertz CT molecular complexity index is 440. The number of urea groups is 1. The van der Waals surface area contributed by atoms with E-state index in [1.54, 1.807) is 0 Å². The Balaban J connectivity index is 1.96. The normalized spacial score (nSPS) is 39.2. The van der Waals surface area contributed by atoms with E-state index in [0.717, 1.165) is 25.9 Å². The number of amides is 3. The highest BCUT2D eigenvalue weighted by Gasteiger charge is 2.64. The van der Waals surface area contributed by atoms with Crippen LogP contribution in [0.2, 0.25) is 0 Å². The topological polar surface area (TPSA) is 52.7 Å². The van der Waals surface area contributed by atoms with Gasteiger partial charge in [-0.3, -0.25) is 9.69 Å². The lowest BCUT2D eigenvalue weighted by atomic mass is 9.77. The summed E-state index contributed by atoms with van der Waals surface area (Å²) in [6.45, 7) is 1.81. The van der Waals surface area contributed by atoms with Gasteiger partial charge in [0.25, 0.3) is 5.91 Å². The predicted molar refractivity (Wildman–Crippen MR) is 65.5 cm³/mol. The predicted octanol–water partition coefficient (Wildman–Crippen LogP) is -0.118. The fourth-order valence-electron chi connectivity index (χ4n) is 3.89. The Morgan fingerprint density at radius 3 is 2.56 bits per heavy atom. The molecule has 3 fully saturated rings. The fourth-order valence-corrected chi connectivity index (χ4v) is 3.89. The van der Waals surface area contributed by atoms with E-state index < -0.39 is 5.54 Å². The molecule has 2 bridgehead atoms. The molecule has 3 amide bonds. The zero-order chi connectivity index (χ0) is 12.9. The van der Waals surface area contributed by atoms with E-state index in [-0.39, 0.29) is 30.3 Å². The van der Waals surface area contributed by atoms with E-state index in [9.17, 15) is 9.59 Å². The van der Waals surface area contributed by atoms with Crippen molar-refractivity contribution < 1.29 is 9.59 Å². The Labute approximate surface area is 106 Å². The van der Waals surface area contributed by atoms with Crippen molar-refractivity contribution in [2.75, 3.05) is 26.7 Å². The molecule has 1 saturated carbocycles. The minimum atomic E-state index is -0.666. The van der Waals surface area contributed by atoms with Gasteiger partial charge in [-0.25, -0.2) is 4.79 Å². The smallest absolute Gasteiger partial charge is 0.322 e. The van der Waals surface area contributed by atoms with E-state index in [4.69, 9.17) is 6.42 Å². The molecule has 2 atom stereocenters. The number of carbonyl (C=O) groups excluding carboxylic acids is 2. The van der Waals surface area contributed by atoms with Crippen LogP contribution in [0.1, 0.15) is 12.8 Å². The Morgan fingerprint density at radius 2 is 2.00 bits per heavy atom. The molecular weight excluding hydrogens is 230 g/mol. The van der Waals surface area contributed by atoms with Crippen LogP contribution >= 0.6 is 0 Å². The molecule has 1 N–H and O–H groups in total. The number of imide groups is 1. The molecule has 3 rings (SSSR count). The molecule has 1 aliphatic carbocycles. The van der Waals surface area contributed by atoms with Crippen LogP contribution in [0.15, 0.2) is 0 Å². The first kappa shape index (κ1) is 11.5. The molecule has 0 aromatic carbocycles. The van der Waals surface area contributed by atoms with E-state index in [0.29, 0.717) is 0 Å². The number of carbonyl (C=O) groups is 2. The maximum absolute atomic E-state index is 12.6. The van der Waals surface area contributed by atoms with Crippen LogP contribution in [0.4, 0.5) is 4.79 Å². The van der Waals surface area contributed by atoms with Crippen molar-refractivity contribution in [1.82, 2.24) is 15.1 Å². The first-order valence-electron chi connectivity index (χ1n) is 6.35. The maximum Gasteiger partial charge on any atom is 0.325 e. The van der Waals surface area contributed by atoms with Gasteiger partial charge < -0.3 is 10.2 Å². The van der Waals surface area contributed by atoms with Gasteiger partial charge in [0, 0.05) is 24.9 Å². The number of hydrogen-bond acceptors (Lipinski definition) is 3. The van der Waals surface area contributed by atoms with Crippen molar-refractivity contribution >= 4 is 11.9 Å². The van der Waals surface area contributed by atoms with Crippen molar-refractivity contribution in [2.45, 2.75) is 18.4 Å². The monoisotopic (exact) mass is 247 g/mol. The second-order valence-corrected chi connectivity index (χ2v) is 5.59. The van der Waals surface area contributed by atoms with E-state index >= 15 is 0 Å². The molecule has 0 aromatic heterocycles. The lowest BCUT2D eigenvalue weighted by Crippen LogP contribution is -2.62. The molecule has 96 valence electrons. The number of hydrogen-bond donors (Lipinski definition) is 1. The molecule has 0 radical (unpaired) electrons. The average Bonchev–Trinajstić information content (AvgIpc) is 2.68. The molecule has 5 heteroatoms. The molecular formula is C13H17N3O2. The summed E-state index contributed by atoms with van der Waals surface area (Å²) in [7, 11) is 2.07. The molecule has 2 aliphatic heterocycles. The minimum Gasteiger partial charge on any atom is -0.322 e. The molecule has 2 unspecified atom stereocenters. The first-order valence-corrected chi connectivity index (χ1v) is 6.35. The first-order chi connectivity index (χ1) is 8.59. The summed E-state index contributed by atoms with van der Waals surface area (Å²) in [6, 6.07) is -0.320. The summed E-state index contributed by atoms with van der Waals surface area (Å²) < 4.78 is 0. The third-order valence-electron chi connectivity index (χ3n) is 4.62. The number of nitrogens with zero attached hydrogens (tertiary/aromatic N) is 2. The number of rotatable bonds is 1. The van der Waals surface area contributed by atoms with Crippen LogP contribution in [0.3, 0.4) is 0 Å². The standard InChI is InChI=1S/C13H17N3O2/c1-3-6-16-11(17)13(14-12(16)18)9-4-5-10(13)8-15(2)7-9/h1,9-10H,4-8H2,2H3,(H,14,18). The summed E-state index contributed by atoms with van der Waals surface area (Å²) in [5, 5.41) is 2.95. The Hall–Kier alpha value is -1.54. The van der Waals surface area contributed by atoms with Gasteiger partial charge in [-0.1, -0.05) is 5.92 Å². The van der Waals surface area contributed by atoms with Gasteiger partial charge in [-0.05, 0) is 19.9 Å². The highest BCUT2D eigenvalue weighted by Crippen LogP contribution is 2.47. The molecule has 18 heavy (non-hydrogen) atoms. The largest absolute Gasteiger partial charge is 0.325 e. The molecule has 2 heterocycles. The number of nitrogens with one attached hydrogen (secondary N) is 1. The molecule has 3 aliphatic rings. The van der Waals surface area contributed by atoms with Crippen molar-refractivity contribution in [3.05, 3.63) is 0 Å². The summed E-state index contributed by atoms with van der Waals surface area (Å²) in [5.74, 6) is 2.72. The van der Waals surface area contributed by atoms with Crippen LogP contribution in [0.25, 0.3) is 0 Å². The van der Waals surface area contributed by atoms with Crippen LogP contribution in [-0.4, -0.2) is 54.0 Å². The van der Waals surface area contributed by atoms with Gasteiger partial charge in [0.05, 0.1) is 6.54 Å². The van der Waals surface area contributed by atoms with Crippen LogP contribution < -0.4 is 5.32 Å². The van der Waals surface area contributed by atoms with Crippen LogP contribution in [0.5, 0.6) is 0 Å². The summed E-state index contributed by atoms with van der Waals surface area (Å²) >= 11 is 0. The lowest BCUT2D eigenvalue weighted by molar-refractivity contribution is -0.135. The van der Waals surface area contributed by atoms with Crippen molar-refractivity contribution in [3.8, 4) is 12.3 Å². The van der Waals surface area contributed by atoms with Gasteiger partial charge in [0.1, 0.15) is 5.54 Å². The van der Waals surface area contributed by atoms with E-state index in [2.05, 4.69) is 23.2 Å².